The summed E-state index contributed by atoms with van der Waals surface area (Å²) in [5.74, 6) is 0. The van der Waals surface area contributed by atoms with Crippen LogP contribution in [-0.4, -0.2) is 6.29 Å². The zero-order valence-corrected chi connectivity index (χ0v) is 7.71. The molecule has 0 aromatic heterocycles. The van der Waals surface area contributed by atoms with Gasteiger partial charge in [0.2, 0.25) is 0 Å². The van der Waals surface area contributed by atoms with E-state index in [1.165, 1.54) is 0 Å². The van der Waals surface area contributed by atoms with Crippen molar-refractivity contribution in [3.63, 3.8) is 0 Å². The summed E-state index contributed by atoms with van der Waals surface area (Å²) in [6.07, 6.45) is 1.41. The highest BCUT2D eigenvalue weighted by atomic mass is 35.5. The third-order valence-electron chi connectivity index (χ3n) is 1.96. The van der Waals surface area contributed by atoms with Gasteiger partial charge >= 0.3 is 0 Å². The van der Waals surface area contributed by atoms with Crippen LogP contribution in [0.5, 0.6) is 0 Å². The molecular weight excluding hydrogens is 172 g/mol. The van der Waals surface area contributed by atoms with Crippen molar-refractivity contribution >= 4 is 17.9 Å². The standard InChI is InChI=1S/C10H11ClO/c1-2-10(11,8-12)9-6-4-3-5-7-9/h3-8H,2H2,1H3. The highest BCUT2D eigenvalue weighted by Crippen LogP contribution is 2.29. The maximum absolute atomic E-state index is 10.7. The smallest absolute Gasteiger partial charge is 0.145 e. The van der Waals surface area contributed by atoms with Crippen LogP contribution in [-0.2, 0) is 9.67 Å². The maximum Gasteiger partial charge on any atom is 0.145 e. The second kappa shape index (κ2) is 3.72. The van der Waals surface area contributed by atoms with E-state index in [1.54, 1.807) is 0 Å². The topological polar surface area (TPSA) is 17.1 Å². The van der Waals surface area contributed by atoms with Crippen LogP contribution in [0.1, 0.15) is 18.9 Å². The third-order valence-corrected chi connectivity index (χ3v) is 2.53. The molecule has 0 N–H and O–H groups in total. The molecule has 64 valence electrons. The molecule has 12 heavy (non-hydrogen) atoms. The van der Waals surface area contributed by atoms with Crippen LogP contribution in [0.4, 0.5) is 0 Å². The number of halogens is 1. The molecule has 0 bridgehead atoms. The van der Waals surface area contributed by atoms with Crippen LogP contribution in [0.3, 0.4) is 0 Å². The molecule has 1 atom stereocenters. The molecule has 0 aliphatic rings. The minimum atomic E-state index is -0.832. The molecule has 0 saturated heterocycles. The largest absolute Gasteiger partial charge is 0.301 e. The van der Waals surface area contributed by atoms with Crippen molar-refractivity contribution in [3.05, 3.63) is 35.9 Å². The van der Waals surface area contributed by atoms with Gasteiger partial charge in [-0.2, -0.15) is 0 Å². The predicted octanol–water partition coefficient (Wildman–Crippen LogP) is 2.73. The van der Waals surface area contributed by atoms with Crippen LogP contribution in [0.2, 0.25) is 0 Å². The molecule has 0 saturated carbocycles. The fourth-order valence-electron chi connectivity index (χ4n) is 1.07. The van der Waals surface area contributed by atoms with Gasteiger partial charge in [-0.15, -0.1) is 11.6 Å². The normalized spacial score (nSPS) is 15.2. The number of aldehydes is 1. The molecule has 0 heterocycles. The summed E-state index contributed by atoms with van der Waals surface area (Å²) in [6.45, 7) is 1.90. The fourth-order valence-corrected chi connectivity index (χ4v) is 1.20. The van der Waals surface area contributed by atoms with E-state index in [4.69, 9.17) is 11.6 Å². The Morgan fingerprint density at radius 2 is 2.00 bits per heavy atom. The average molecular weight is 183 g/mol. The van der Waals surface area contributed by atoms with Crippen molar-refractivity contribution < 1.29 is 4.79 Å². The van der Waals surface area contributed by atoms with E-state index < -0.39 is 4.87 Å². The Labute approximate surface area is 77.4 Å². The molecule has 1 rings (SSSR count). The molecule has 1 unspecified atom stereocenters. The molecule has 0 aliphatic heterocycles. The zero-order valence-electron chi connectivity index (χ0n) is 6.96. The Bertz CT molecular complexity index is 258. The second-order valence-electron chi connectivity index (χ2n) is 2.70. The number of hydrogen-bond donors (Lipinski definition) is 0. The molecule has 0 fully saturated rings. The summed E-state index contributed by atoms with van der Waals surface area (Å²) < 4.78 is 0. The summed E-state index contributed by atoms with van der Waals surface area (Å²) >= 11 is 6.07. The fraction of sp³-hybridized carbons (Fsp3) is 0.300. The maximum atomic E-state index is 10.7. The quantitative estimate of drug-likeness (QED) is 0.519. The monoisotopic (exact) mass is 182 g/mol. The number of alkyl halides is 1. The SMILES string of the molecule is CCC(Cl)(C=O)c1ccccc1. The van der Waals surface area contributed by atoms with Crippen molar-refractivity contribution in [2.45, 2.75) is 18.2 Å². The van der Waals surface area contributed by atoms with Crippen LogP contribution in [0, 0.1) is 0 Å². The van der Waals surface area contributed by atoms with E-state index in [2.05, 4.69) is 0 Å². The van der Waals surface area contributed by atoms with Crippen molar-refractivity contribution in [2.24, 2.45) is 0 Å². The van der Waals surface area contributed by atoms with Crippen molar-refractivity contribution in [1.29, 1.82) is 0 Å². The number of rotatable bonds is 3. The van der Waals surface area contributed by atoms with Gasteiger partial charge in [-0.25, -0.2) is 0 Å². The number of carbonyl (C=O) groups is 1. The predicted molar refractivity (Wildman–Crippen MR) is 50.3 cm³/mol. The van der Waals surface area contributed by atoms with E-state index in [-0.39, 0.29) is 0 Å². The Balaban J connectivity index is 3.03. The first-order valence-electron chi connectivity index (χ1n) is 3.93. The highest BCUT2D eigenvalue weighted by Gasteiger charge is 2.25. The van der Waals surface area contributed by atoms with Gasteiger partial charge in [-0.1, -0.05) is 37.3 Å². The van der Waals surface area contributed by atoms with Crippen molar-refractivity contribution in [2.75, 3.05) is 0 Å². The van der Waals surface area contributed by atoms with E-state index >= 15 is 0 Å². The molecular formula is C10H11ClO. The lowest BCUT2D eigenvalue weighted by Crippen LogP contribution is -2.18. The Morgan fingerprint density at radius 1 is 1.42 bits per heavy atom. The van der Waals surface area contributed by atoms with Gasteiger partial charge in [0.05, 0.1) is 0 Å². The van der Waals surface area contributed by atoms with Crippen LogP contribution < -0.4 is 0 Å². The molecule has 2 heteroatoms. The van der Waals surface area contributed by atoms with Gasteiger partial charge in [0.1, 0.15) is 11.2 Å². The van der Waals surface area contributed by atoms with Crippen LogP contribution >= 0.6 is 11.6 Å². The summed E-state index contributed by atoms with van der Waals surface area (Å²) in [7, 11) is 0. The number of benzene rings is 1. The van der Waals surface area contributed by atoms with Gasteiger partial charge in [0, 0.05) is 0 Å². The zero-order chi connectivity index (χ0) is 9.03. The van der Waals surface area contributed by atoms with E-state index in [9.17, 15) is 4.79 Å². The second-order valence-corrected chi connectivity index (χ2v) is 3.37. The first-order chi connectivity index (χ1) is 5.73. The molecule has 1 aromatic carbocycles. The average Bonchev–Trinajstić information content (AvgIpc) is 2.18. The summed E-state index contributed by atoms with van der Waals surface area (Å²) in [4.78, 5) is 9.89. The van der Waals surface area contributed by atoms with Gasteiger partial charge < -0.3 is 4.79 Å². The molecule has 1 aromatic rings. The number of carbonyl (C=O) groups excluding carboxylic acids is 1. The molecule has 0 spiro atoms. The molecule has 0 radical (unpaired) electrons. The summed E-state index contributed by atoms with van der Waals surface area (Å²) in [5.41, 5.74) is 0.865. The molecule has 0 aliphatic carbocycles. The molecule has 1 nitrogen and oxygen atoms in total. The lowest BCUT2D eigenvalue weighted by Gasteiger charge is -2.18. The minimum absolute atomic E-state index is 0.613. The summed E-state index contributed by atoms with van der Waals surface area (Å²) in [5, 5.41) is 0. The van der Waals surface area contributed by atoms with E-state index in [1.807, 2.05) is 37.3 Å². The van der Waals surface area contributed by atoms with E-state index in [0.717, 1.165) is 11.8 Å². The Hall–Kier alpha value is -0.820. The highest BCUT2D eigenvalue weighted by molar-refractivity contribution is 6.31. The van der Waals surface area contributed by atoms with Crippen molar-refractivity contribution in [1.82, 2.24) is 0 Å². The molecule has 0 amide bonds. The first kappa shape index (κ1) is 9.27. The van der Waals surface area contributed by atoms with Gasteiger partial charge in [-0.3, -0.25) is 0 Å². The Kier molecular flexibility index (Phi) is 2.88. The minimum Gasteiger partial charge on any atom is -0.301 e. The Morgan fingerprint density at radius 3 is 2.42 bits per heavy atom. The lowest BCUT2D eigenvalue weighted by molar-refractivity contribution is -0.110. The van der Waals surface area contributed by atoms with E-state index in [0.29, 0.717) is 6.42 Å². The van der Waals surface area contributed by atoms with Gasteiger partial charge in [0.25, 0.3) is 0 Å². The van der Waals surface area contributed by atoms with Crippen molar-refractivity contribution in [3.8, 4) is 0 Å². The third kappa shape index (κ3) is 1.67. The van der Waals surface area contributed by atoms with Crippen LogP contribution in [0.25, 0.3) is 0 Å². The van der Waals surface area contributed by atoms with Crippen LogP contribution in [0.15, 0.2) is 30.3 Å². The summed E-state index contributed by atoms with van der Waals surface area (Å²) in [6, 6.07) is 9.40. The first-order valence-corrected chi connectivity index (χ1v) is 4.31. The van der Waals surface area contributed by atoms with Gasteiger partial charge in [0.15, 0.2) is 0 Å². The van der Waals surface area contributed by atoms with Gasteiger partial charge in [-0.05, 0) is 12.0 Å². The lowest BCUT2D eigenvalue weighted by atomic mass is 9.97. The number of hydrogen-bond acceptors (Lipinski definition) is 1.